The maximum Gasteiger partial charge on any atom is 0.168 e. The summed E-state index contributed by atoms with van der Waals surface area (Å²) in [5.74, 6) is -0.419. The fourth-order valence-corrected chi connectivity index (χ4v) is 2.61. The molecular weight excluding hydrogens is 231 g/mol. The second-order valence-electron chi connectivity index (χ2n) is 5.26. The van der Waals surface area contributed by atoms with Gasteiger partial charge in [0.1, 0.15) is 11.4 Å². The van der Waals surface area contributed by atoms with Gasteiger partial charge in [0.25, 0.3) is 0 Å². The van der Waals surface area contributed by atoms with Crippen molar-refractivity contribution in [1.29, 1.82) is 0 Å². The number of aryl methyl sites for hydroxylation is 1. The zero-order valence-electron chi connectivity index (χ0n) is 10.7. The van der Waals surface area contributed by atoms with Crippen LogP contribution in [0, 0.1) is 12.7 Å². The standard InChI is InChI=1S/C15H19FO2/c1-11-9-13(16)6-5-12(11)10-14(17)15(18)7-3-2-4-8-15/h5-6,9,18H,2-4,7-8,10H2,1H3. The highest BCUT2D eigenvalue weighted by atomic mass is 19.1. The fraction of sp³-hybridized carbons (Fsp3) is 0.533. The zero-order chi connectivity index (χ0) is 13.2. The molecule has 0 amide bonds. The van der Waals surface area contributed by atoms with Crippen molar-refractivity contribution >= 4 is 5.78 Å². The van der Waals surface area contributed by atoms with Crippen LogP contribution in [0.3, 0.4) is 0 Å². The van der Waals surface area contributed by atoms with Crippen LogP contribution in [0.1, 0.15) is 43.2 Å². The summed E-state index contributed by atoms with van der Waals surface area (Å²) in [4.78, 5) is 12.2. The largest absolute Gasteiger partial charge is 0.382 e. The summed E-state index contributed by atoms with van der Waals surface area (Å²) in [7, 11) is 0. The summed E-state index contributed by atoms with van der Waals surface area (Å²) >= 11 is 0. The normalized spacial score (nSPS) is 18.6. The monoisotopic (exact) mass is 250 g/mol. The van der Waals surface area contributed by atoms with E-state index in [4.69, 9.17) is 0 Å². The third kappa shape index (κ3) is 2.78. The van der Waals surface area contributed by atoms with Gasteiger partial charge in [-0.25, -0.2) is 4.39 Å². The summed E-state index contributed by atoms with van der Waals surface area (Å²) in [6, 6.07) is 4.42. The first-order valence-electron chi connectivity index (χ1n) is 6.52. The van der Waals surface area contributed by atoms with Gasteiger partial charge in [-0.3, -0.25) is 4.79 Å². The number of benzene rings is 1. The lowest BCUT2D eigenvalue weighted by Gasteiger charge is -2.30. The maximum atomic E-state index is 13.0. The Morgan fingerprint density at radius 2 is 2.00 bits per heavy atom. The minimum absolute atomic E-state index is 0.128. The Labute approximate surface area is 107 Å². The van der Waals surface area contributed by atoms with Crippen LogP contribution < -0.4 is 0 Å². The summed E-state index contributed by atoms with van der Waals surface area (Å²) in [6.07, 6.45) is 4.22. The molecule has 18 heavy (non-hydrogen) atoms. The molecule has 0 aliphatic heterocycles. The summed E-state index contributed by atoms with van der Waals surface area (Å²) < 4.78 is 13.0. The lowest BCUT2D eigenvalue weighted by atomic mass is 9.79. The molecule has 3 heteroatoms. The van der Waals surface area contributed by atoms with Crippen molar-refractivity contribution in [3.8, 4) is 0 Å². The molecule has 0 atom stereocenters. The molecule has 1 fully saturated rings. The Bertz CT molecular complexity index is 448. The Kier molecular flexibility index (Phi) is 3.81. The van der Waals surface area contributed by atoms with Gasteiger partial charge in [-0.05, 0) is 43.0 Å². The van der Waals surface area contributed by atoms with Crippen molar-refractivity contribution in [2.75, 3.05) is 0 Å². The average molecular weight is 250 g/mol. The van der Waals surface area contributed by atoms with Gasteiger partial charge in [0.2, 0.25) is 0 Å². The molecule has 98 valence electrons. The number of carbonyl (C=O) groups excluding carboxylic acids is 1. The molecule has 0 heterocycles. The van der Waals surface area contributed by atoms with E-state index in [2.05, 4.69) is 0 Å². The molecule has 0 bridgehead atoms. The van der Waals surface area contributed by atoms with E-state index in [1.54, 1.807) is 13.0 Å². The molecule has 2 rings (SSSR count). The number of halogens is 1. The van der Waals surface area contributed by atoms with Gasteiger partial charge < -0.3 is 5.11 Å². The smallest absolute Gasteiger partial charge is 0.168 e. The van der Waals surface area contributed by atoms with E-state index < -0.39 is 5.60 Å². The summed E-state index contributed by atoms with van der Waals surface area (Å²) in [5, 5.41) is 10.3. The Morgan fingerprint density at radius 3 is 2.61 bits per heavy atom. The quantitative estimate of drug-likeness (QED) is 0.895. The van der Waals surface area contributed by atoms with E-state index >= 15 is 0 Å². The van der Waals surface area contributed by atoms with Crippen LogP contribution >= 0.6 is 0 Å². The second-order valence-corrected chi connectivity index (χ2v) is 5.26. The molecule has 0 saturated heterocycles. The lowest BCUT2D eigenvalue weighted by molar-refractivity contribution is -0.139. The van der Waals surface area contributed by atoms with E-state index in [9.17, 15) is 14.3 Å². The molecule has 1 N–H and O–H groups in total. The predicted molar refractivity (Wildman–Crippen MR) is 67.9 cm³/mol. The van der Waals surface area contributed by atoms with Crippen LogP contribution in [0.5, 0.6) is 0 Å². The molecule has 1 aliphatic carbocycles. The topological polar surface area (TPSA) is 37.3 Å². The van der Waals surface area contributed by atoms with Crippen molar-refractivity contribution in [3.63, 3.8) is 0 Å². The summed E-state index contributed by atoms with van der Waals surface area (Å²) in [6.45, 7) is 1.79. The van der Waals surface area contributed by atoms with Crippen LogP contribution in [0.15, 0.2) is 18.2 Å². The lowest BCUT2D eigenvalue weighted by Crippen LogP contribution is -2.41. The minimum Gasteiger partial charge on any atom is -0.382 e. The van der Waals surface area contributed by atoms with Crippen LogP contribution in [-0.2, 0) is 11.2 Å². The van der Waals surface area contributed by atoms with Gasteiger partial charge in [-0.2, -0.15) is 0 Å². The maximum absolute atomic E-state index is 13.0. The second kappa shape index (κ2) is 5.19. The van der Waals surface area contributed by atoms with Gasteiger partial charge in [-0.1, -0.05) is 25.3 Å². The molecule has 0 aromatic heterocycles. The van der Waals surface area contributed by atoms with Gasteiger partial charge in [0.15, 0.2) is 5.78 Å². The number of hydrogen-bond acceptors (Lipinski definition) is 2. The highest BCUT2D eigenvalue weighted by molar-refractivity contribution is 5.89. The van der Waals surface area contributed by atoms with Crippen molar-refractivity contribution in [1.82, 2.24) is 0 Å². The Balaban J connectivity index is 2.11. The van der Waals surface area contributed by atoms with Crippen LogP contribution in [0.25, 0.3) is 0 Å². The van der Waals surface area contributed by atoms with Crippen molar-refractivity contribution in [2.24, 2.45) is 0 Å². The highest BCUT2D eigenvalue weighted by Gasteiger charge is 2.36. The van der Waals surface area contributed by atoms with Crippen LogP contribution in [0.4, 0.5) is 4.39 Å². The number of Topliss-reactive ketones (excluding diaryl/α,β-unsaturated/α-hetero) is 1. The van der Waals surface area contributed by atoms with E-state index in [1.165, 1.54) is 12.1 Å². The molecule has 0 unspecified atom stereocenters. The average Bonchev–Trinajstić information content (AvgIpc) is 2.33. The number of aliphatic hydroxyl groups is 1. The minimum atomic E-state index is -1.15. The van der Waals surface area contributed by atoms with Gasteiger partial charge in [-0.15, -0.1) is 0 Å². The van der Waals surface area contributed by atoms with Crippen LogP contribution in [-0.4, -0.2) is 16.5 Å². The van der Waals surface area contributed by atoms with E-state index in [1.807, 2.05) is 0 Å². The molecule has 0 radical (unpaired) electrons. The molecule has 1 aliphatic rings. The molecular formula is C15H19FO2. The Hall–Kier alpha value is -1.22. The van der Waals surface area contributed by atoms with Crippen molar-refractivity contribution in [3.05, 3.63) is 35.1 Å². The van der Waals surface area contributed by atoms with Crippen LogP contribution in [0.2, 0.25) is 0 Å². The first-order chi connectivity index (χ1) is 8.51. The Morgan fingerprint density at radius 1 is 1.33 bits per heavy atom. The van der Waals surface area contributed by atoms with Crippen molar-refractivity contribution in [2.45, 2.75) is 51.0 Å². The molecule has 1 saturated carbocycles. The fourth-order valence-electron chi connectivity index (χ4n) is 2.61. The molecule has 1 aromatic carbocycles. The third-order valence-electron chi connectivity index (χ3n) is 3.86. The first kappa shape index (κ1) is 13.2. The van der Waals surface area contributed by atoms with Gasteiger partial charge in [0.05, 0.1) is 0 Å². The first-order valence-corrected chi connectivity index (χ1v) is 6.52. The SMILES string of the molecule is Cc1cc(F)ccc1CC(=O)C1(O)CCCCC1. The number of carbonyl (C=O) groups is 1. The number of hydrogen-bond donors (Lipinski definition) is 1. The number of ketones is 1. The zero-order valence-corrected chi connectivity index (χ0v) is 10.7. The molecule has 0 spiro atoms. The third-order valence-corrected chi connectivity index (χ3v) is 3.86. The molecule has 2 nitrogen and oxygen atoms in total. The highest BCUT2D eigenvalue weighted by Crippen LogP contribution is 2.30. The van der Waals surface area contributed by atoms with Gasteiger partial charge >= 0.3 is 0 Å². The van der Waals surface area contributed by atoms with E-state index in [0.29, 0.717) is 12.8 Å². The number of rotatable bonds is 3. The van der Waals surface area contributed by atoms with Crippen molar-refractivity contribution < 1.29 is 14.3 Å². The molecule has 1 aromatic rings. The van der Waals surface area contributed by atoms with Gasteiger partial charge in [0, 0.05) is 6.42 Å². The van der Waals surface area contributed by atoms with E-state index in [-0.39, 0.29) is 18.0 Å². The predicted octanol–water partition coefficient (Wildman–Crippen LogP) is 2.94. The summed E-state index contributed by atoms with van der Waals surface area (Å²) in [5.41, 5.74) is 0.419. The van der Waals surface area contributed by atoms with E-state index in [0.717, 1.165) is 30.4 Å².